The Bertz CT molecular complexity index is 882. The van der Waals surface area contributed by atoms with Crippen LogP contribution in [0.25, 0.3) is 10.4 Å². The van der Waals surface area contributed by atoms with Crippen molar-refractivity contribution in [3.8, 4) is 10.4 Å². The van der Waals surface area contributed by atoms with Gasteiger partial charge in [0, 0.05) is 29.6 Å². The van der Waals surface area contributed by atoms with E-state index in [9.17, 15) is 13.2 Å². The van der Waals surface area contributed by atoms with Crippen molar-refractivity contribution in [1.82, 2.24) is 9.62 Å². The van der Waals surface area contributed by atoms with Crippen LogP contribution in [0.4, 0.5) is 0 Å². The van der Waals surface area contributed by atoms with Gasteiger partial charge in [0.05, 0.1) is 0 Å². The Labute approximate surface area is 165 Å². The lowest BCUT2D eigenvalue weighted by atomic mass is 10.1. The quantitative estimate of drug-likeness (QED) is 0.785. The van der Waals surface area contributed by atoms with Crippen molar-refractivity contribution in [3.05, 3.63) is 42.0 Å². The molecule has 0 unspecified atom stereocenters. The molecule has 27 heavy (non-hydrogen) atoms. The Kier molecular flexibility index (Phi) is 6.34. The van der Waals surface area contributed by atoms with E-state index in [1.807, 2.05) is 32.0 Å². The molecule has 0 bridgehead atoms. The van der Waals surface area contributed by atoms with E-state index in [2.05, 4.69) is 5.32 Å². The molecule has 1 atom stereocenters. The van der Waals surface area contributed by atoms with Gasteiger partial charge in [-0.3, -0.25) is 4.79 Å². The summed E-state index contributed by atoms with van der Waals surface area (Å²) in [6.45, 7) is 5.22. The highest BCUT2D eigenvalue weighted by Gasteiger charge is 2.27. The van der Waals surface area contributed by atoms with Gasteiger partial charge < -0.3 is 5.32 Å². The molecule has 1 aliphatic rings. The highest BCUT2D eigenvalue weighted by molar-refractivity contribution is 7.91. The molecule has 1 aromatic carbocycles. The number of nitrogens with one attached hydrogen (secondary N) is 1. The van der Waals surface area contributed by atoms with Crippen molar-refractivity contribution in [2.45, 2.75) is 49.8 Å². The zero-order valence-electron chi connectivity index (χ0n) is 15.8. The third kappa shape index (κ3) is 4.59. The second-order valence-corrected chi connectivity index (χ2v) is 10.2. The summed E-state index contributed by atoms with van der Waals surface area (Å²) in [7, 11) is -3.40. The Morgan fingerprint density at radius 1 is 1.11 bits per heavy atom. The van der Waals surface area contributed by atoms with Crippen LogP contribution in [0.2, 0.25) is 0 Å². The Balaban J connectivity index is 1.75. The molecule has 0 spiro atoms. The average Bonchev–Trinajstić information content (AvgIpc) is 3.19. The van der Waals surface area contributed by atoms with Crippen molar-refractivity contribution in [2.24, 2.45) is 0 Å². The van der Waals surface area contributed by atoms with Gasteiger partial charge in [-0.25, -0.2) is 8.42 Å². The van der Waals surface area contributed by atoms with Crippen LogP contribution in [0.15, 0.2) is 40.6 Å². The van der Waals surface area contributed by atoms with E-state index in [4.69, 9.17) is 0 Å². The van der Waals surface area contributed by atoms with Gasteiger partial charge in [-0.1, -0.05) is 25.5 Å². The molecule has 5 nitrogen and oxygen atoms in total. The number of amides is 1. The predicted octanol–water partition coefficient (Wildman–Crippen LogP) is 4.12. The van der Waals surface area contributed by atoms with E-state index in [1.165, 1.54) is 11.3 Å². The van der Waals surface area contributed by atoms with Crippen LogP contribution in [0, 0.1) is 0 Å². The number of benzene rings is 1. The van der Waals surface area contributed by atoms with Crippen LogP contribution in [0.3, 0.4) is 0 Å². The fourth-order valence-electron chi connectivity index (χ4n) is 3.04. The van der Waals surface area contributed by atoms with Crippen molar-refractivity contribution < 1.29 is 13.2 Å². The van der Waals surface area contributed by atoms with Gasteiger partial charge in [0.15, 0.2) is 0 Å². The molecule has 2 aromatic rings. The molecule has 1 fully saturated rings. The number of carbonyl (C=O) groups is 1. The van der Waals surface area contributed by atoms with E-state index in [1.54, 1.807) is 22.5 Å². The summed E-state index contributed by atoms with van der Waals surface area (Å²) < 4.78 is 27.6. The highest BCUT2D eigenvalue weighted by atomic mass is 32.2. The SMILES string of the molecule is CC[C@@H](C)NC(=O)c1ccc(-c2ccc(S(=O)(=O)N3CCCCC3)s2)cc1. The average molecular weight is 407 g/mol. The van der Waals surface area contributed by atoms with Gasteiger partial charge in [0.1, 0.15) is 4.21 Å². The van der Waals surface area contributed by atoms with Crippen molar-refractivity contribution >= 4 is 27.3 Å². The van der Waals surface area contributed by atoms with E-state index in [0.29, 0.717) is 22.9 Å². The summed E-state index contributed by atoms with van der Waals surface area (Å²) in [5.74, 6) is -0.0876. The summed E-state index contributed by atoms with van der Waals surface area (Å²) >= 11 is 1.28. The van der Waals surface area contributed by atoms with Crippen molar-refractivity contribution in [3.63, 3.8) is 0 Å². The van der Waals surface area contributed by atoms with Gasteiger partial charge in [-0.05, 0) is 56.0 Å². The van der Waals surface area contributed by atoms with Gasteiger partial charge in [-0.2, -0.15) is 4.31 Å². The number of hydrogen-bond donors (Lipinski definition) is 1. The molecular formula is C20H26N2O3S2. The maximum absolute atomic E-state index is 12.8. The van der Waals surface area contributed by atoms with Gasteiger partial charge in [0.25, 0.3) is 15.9 Å². The lowest BCUT2D eigenvalue weighted by Gasteiger charge is -2.25. The molecule has 0 saturated carbocycles. The first-order valence-corrected chi connectivity index (χ1v) is 11.7. The van der Waals surface area contributed by atoms with E-state index >= 15 is 0 Å². The Morgan fingerprint density at radius 3 is 2.41 bits per heavy atom. The van der Waals surface area contributed by atoms with Gasteiger partial charge >= 0.3 is 0 Å². The second kappa shape index (κ2) is 8.54. The number of thiophene rings is 1. The zero-order chi connectivity index (χ0) is 19.4. The molecular weight excluding hydrogens is 380 g/mol. The molecule has 1 N–H and O–H groups in total. The highest BCUT2D eigenvalue weighted by Crippen LogP contribution is 2.33. The first-order chi connectivity index (χ1) is 12.9. The van der Waals surface area contributed by atoms with Crippen molar-refractivity contribution in [2.75, 3.05) is 13.1 Å². The van der Waals surface area contributed by atoms with E-state index < -0.39 is 10.0 Å². The molecule has 146 valence electrons. The van der Waals surface area contributed by atoms with E-state index in [0.717, 1.165) is 36.1 Å². The van der Waals surface area contributed by atoms with Crippen molar-refractivity contribution in [1.29, 1.82) is 0 Å². The minimum absolute atomic E-state index is 0.0876. The largest absolute Gasteiger partial charge is 0.350 e. The molecule has 1 saturated heterocycles. The van der Waals surface area contributed by atoms with Crippen LogP contribution in [-0.2, 0) is 10.0 Å². The summed E-state index contributed by atoms with van der Waals surface area (Å²) in [4.78, 5) is 13.1. The lowest BCUT2D eigenvalue weighted by molar-refractivity contribution is 0.0939. The summed E-state index contributed by atoms with van der Waals surface area (Å²) in [6.07, 6.45) is 3.83. The predicted molar refractivity (Wildman–Crippen MR) is 110 cm³/mol. The minimum atomic E-state index is -3.40. The van der Waals surface area contributed by atoms with E-state index in [-0.39, 0.29) is 11.9 Å². The van der Waals surface area contributed by atoms with Crippen LogP contribution in [0.1, 0.15) is 49.9 Å². The molecule has 3 rings (SSSR count). The molecule has 0 aliphatic carbocycles. The standard InChI is InChI=1S/C20H26N2O3S2/c1-3-15(2)21-20(23)17-9-7-16(8-10-17)18-11-12-19(26-18)27(24,25)22-13-5-4-6-14-22/h7-12,15H,3-6,13-14H2,1-2H3,(H,21,23)/t15-/m1/s1. The molecule has 7 heteroatoms. The number of nitrogens with zero attached hydrogens (tertiary/aromatic N) is 1. The third-order valence-corrected chi connectivity index (χ3v) is 8.41. The smallest absolute Gasteiger partial charge is 0.252 e. The first kappa shape index (κ1) is 20.0. The summed E-state index contributed by atoms with van der Waals surface area (Å²) in [5.41, 5.74) is 1.52. The number of hydrogen-bond acceptors (Lipinski definition) is 4. The molecule has 2 heterocycles. The normalized spacial score (nSPS) is 16.8. The first-order valence-electron chi connectivity index (χ1n) is 9.43. The number of carbonyl (C=O) groups excluding carboxylic acids is 1. The fraction of sp³-hybridized carbons (Fsp3) is 0.450. The fourth-order valence-corrected chi connectivity index (χ4v) is 6.02. The Morgan fingerprint density at radius 2 is 1.78 bits per heavy atom. The number of sulfonamides is 1. The topological polar surface area (TPSA) is 66.5 Å². The molecule has 1 aliphatic heterocycles. The monoisotopic (exact) mass is 406 g/mol. The maximum atomic E-state index is 12.8. The Hall–Kier alpha value is -1.70. The maximum Gasteiger partial charge on any atom is 0.252 e. The minimum Gasteiger partial charge on any atom is -0.350 e. The molecule has 1 aromatic heterocycles. The van der Waals surface area contributed by atoms with Crippen LogP contribution in [0.5, 0.6) is 0 Å². The molecule has 0 radical (unpaired) electrons. The number of piperidine rings is 1. The lowest BCUT2D eigenvalue weighted by Crippen LogP contribution is -2.35. The summed E-state index contributed by atoms with van der Waals surface area (Å²) in [5, 5.41) is 2.94. The zero-order valence-corrected chi connectivity index (χ0v) is 17.4. The number of rotatable bonds is 6. The second-order valence-electron chi connectivity index (χ2n) is 6.94. The molecule has 1 amide bonds. The summed E-state index contributed by atoms with van der Waals surface area (Å²) in [6, 6.07) is 11.0. The van der Waals surface area contributed by atoms with Crippen LogP contribution < -0.4 is 5.32 Å². The third-order valence-electron chi connectivity index (χ3n) is 4.91. The van der Waals surface area contributed by atoms with Crippen LogP contribution in [-0.4, -0.2) is 37.8 Å². The van der Waals surface area contributed by atoms with Gasteiger partial charge in [-0.15, -0.1) is 11.3 Å². The van der Waals surface area contributed by atoms with Gasteiger partial charge in [0.2, 0.25) is 0 Å². The van der Waals surface area contributed by atoms with Crippen LogP contribution >= 0.6 is 11.3 Å².